The molecule has 0 spiro atoms. The van der Waals surface area contributed by atoms with Gasteiger partial charge in [-0.3, -0.25) is 0 Å². The lowest BCUT2D eigenvalue weighted by atomic mass is 10.3. The second kappa shape index (κ2) is 6.23. The second-order valence-electron chi connectivity index (χ2n) is 5.54. The van der Waals surface area contributed by atoms with E-state index in [1.54, 1.807) is 0 Å². The average molecular weight is 270 g/mol. The highest BCUT2D eigenvalue weighted by molar-refractivity contribution is 5.77. The van der Waals surface area contributed by atoms with Gasteiger partial charge < -0.3 is 20.1 Å². The first-order valence-corrected chi connectivity index (χ1v) is 6.88. The van der Waals surface area contributed by atoms with E-state index in [0.29, 0.717) is 11.8 Å². The van der Waals surface area contributed by atoms with Gasteiger partial charge in [0, 0.05) is 20.2 Å². The van der Waals surface area contributed by atoms with Crippen molar-refractivity contribution in [3.05, 3.63) is 0 Å². The van der Waals surface area contributed by atoms with Crippen molar-refractivity contribution in [2.75, 3.05) is 26.7 Å². The molecule has 2 aliphatic carbocycles. The number of nitrogens with zero attached hydrogens (tertiary/aromatic N) is 1. The molecule has 2 amide bonds. The number of ether oxygens (including phenoxy) is 1. The first kappa shape index (κ1) is 14.1. The molecule has 2 rings (SSSR count). The molecule has 2 aliphatic rings. The number of aliphatic carboxylic acids is 1. The number of methoxy groups -OCH3 is 1. The van der Waals surface area contributed by atoms with Crippen molar-refractivity contribution >= 4 is 12.0 Å². The Kier molecular flexibility index (Phi) is 4.63. The van der Waals surface area contributed by atoms with E-state index in [2.05, 4.69) is 5.32 Å². The molecule has 2 N–H and O–H groups in total. The Balaban J connectivity index is 1.77. The normalized spacial score (nSPS) is 19.8. The maximum Gasteiger partial charge on any atom is 0.334 e. The Hall–Kier alpha value is -1.30. The van der Waals surface area contributed by atoms with E-state index in [1.165, 1.54) is 32.8 Å². The van der Waals surface area contributed by atoms with Crippen molar-refractivity contribution in [1.29, 1.82) is 0 Å². The molecule has 0 bridgehead atoms. The number of rotatable bonds is 8. The summed E-state index contributed by atoms with van der Waals surface area (Å²) >= 11 is 0. The first-order valence-electron chi connectivity index (χ1n) is 6.88. The van der Waals surface area contributed by atoms with Gasteiger partial charge in [-0.15, -0.1) is 0 Å². The summed E-state index contributed by atoms with van der Waals surface area (Å²) < 4.78 is 4.80. The zero-order chi connectivity index (χ0) is 13.8. The highest BCUT2D eigenvalue weighted by atomic mass is 16.5. The van der Waals surface area contributed by atoms with Crippen LogP contribution in [0.3, 0.4) is 0 Å². The molecule has 0 radical (unpaired) electrons. The molecule has 6 heteroatoms. The number of carboxylic acids is 1. The molecule has 0 aliphatic heterocycles. The fourth-order valence-electron chi connectivity index (χ4n) is 2.03. The maximum atomic E-state index is 12.1. The fraction of sp³-hybridized carbons (Fsp3) is 0.846. The summed E-state index contributed by atoms with van der Waals surface area (Å²) in [6.45, 7) is 1.61. The number of hydrogen-bond donors (Lipinski definition) is 2. The number of carbonyl (C=O) groups is 2. The lowest BCUT2D eigenvalue weighted by Crippen LogP contribution is -2.46. The van der Waals surface area contributed by atoms with Crippen LogP contribution in [0.25, 0.3) is 0 Å². The van der Waals surface area contributed by atoms with Crippen LogP contribution in [0.5, 0.6) is 0 Å². The Morgan fingerprint density at radius 2 is 1.79 bits per heavy atom. The summed E-state index contributed by atoms with van der Waals surface area (Å²) in [7, 11) is 1.33. The van der Waals surface area contributed by atoms with E-state index < -0.39 is 12.1 Å². The SMILES string of the molecule is COC(CNC(=O)N(CC1CC1)CC1CC1)C(=O)O. The minimum Gasteiger partial charge on any atom is -0.479 e. The van der Waals surface area contributed by atoms with Gasteiger partial charge in [-0.2, -0.15) is 0 Å². The average Bonchev–Trinajstić information content (AvgIpc) is 3.23. The molecular weight excluding hydrogens is 248 g/mol. The van der Waals surface area contributed by atoms with Crippen molar-refractivity contribution in [2.45, 2.75) is 31.8 Å². The summed E-state index contributed by atoms with van der Waals surface area (Å²) in [5.41, 5.74) is 0. The lowest BCUT2D eigenvalue weighted by Gasteiger charge is -2.23. The molecule has 0 aromatic heterocycles. The number of amides is 2. The molecule has 0 aromatic carbocycles. The van der Waals surface area contributed by atoms with Gasteiger partial charge in [0.2, 0.25) is 0 Å². The van der Waals surface area contributed by atoms with E-state index in [4.69, 9.17) is 9.84 Å². The van der Waals surface area contributed by atoms with Crippen LogP contribution in [0.1, 0.15) is 25.7 Å². The van der Waals surface area contributed by atoms with Crippen LogP contribution in [0.15, 0.2) is 0 Å². The highest BCUT2D eigenvalue weighted by Crippen LogP contribution is 2.33. The topological polar surface area (TPSA) is 78.9 Å². The summed E-state index contributed by atoms with van der Waals surface area (Å²) in [6, 6.07) is -0.165. The van der Waals surface area contributed by atoms with Crippen LogP contribution >= 0.6 is 0 Å². The van der Waals surface area contributed by atoms with Gasteiger partial charge >= 0.3 is 12.0 Å². The summed E-state index contributed by atoms with van der Waals surface area (Å²) in [4.78, 5) is 24.7. The Morgan fingerprint density at radius 3 is 2.16 bits per heavy atom. The van der Waals surface area contributed by atoms with Crippen molar-refractivity contribution < 1.29 is 19.4 Å². The predicted molar refractivity (Wildman–Crippen MR) is 68.9 cm³/mol. The third kappa shape index (κ3) is 4.70. The molecule has 0 saturated heterocycles. The zero-order valence-electron chi connectivity index (χ0n) is 11.3. The first-order chi connectivity index (χ1) is 9.10. The maximum absolute atomic E-state index is 12.1. The van der Waals surface area contributed by atoms with Gasteiger partial charge in [-0.05, 0) is 37.5 Å². The second-order valence-corrected chi connectivity index (χ2v) is 5.54. The molecule has 1 unspecified atom stereocenters. The third-order valence-corrected chi connectivity index (χ3v) is 3.64. The van der Waals surface area contributed by atoms with E-state index in [9.17, 15) is 9.59 Å². The Morgan fingerprint density at radius 1 is 1.26 bits per heavy atom. The lowest BCUT2D eigenvalue weighted by molar-refractivity contribution is -0.148. The molecule has 0 aromatic rings. The van der Waals surface area contributed by atoms with Crippen LogP contribution in [-0.2, 0) is 9.53 Å². The van der Waals surface area contributed by atoms with Crippen LogP contribution in [0.4, 0.5) is 4.79 Å². The Labute approximate surface area is 113 Å². The predicted octanol–water partition coefficient (Wildman–Crippen LogP) is 0.918. The van der Waals surface area contributed by atoms with Crippen LogP contribution in [-0.4, -0.2) is 54.9 Å². The van der Waals surface area contributed by atoms with E-state index in [-0.39, 0.29) is 12.6 Å². The number of carboxylic acid groups (broad SMARTS) is 1. The third-order valence-electron chi connectivity index (χ3n) is 3.64. The van der Waals surface area contributed by atoms with Crippen molar-refractivity contribution in [1.82, 2.24) is 10.2 Å². The van der Waals surface area contributed by atoms with Gasteiger partial charge in [0.1, 0.15) is 0 Å². The van der Waals surface area contributed by atoms with Gasteiger partial charge in [-0.25, -0.2) is 9.59 Å². The smallest absolute Gasteiger partial charge is 0.334 e. The van der Waals surface area contributed by atoms with Crippen LogP contribution < -0.4 is 5.32 Å². The minimum atomic E-state index is -1.06. The van der Waals surface area contributed by atoms with E-state index in [0.717, 1.165) is 13.1 Å². The molecule has 19 heavy (non-hydrogen) atoms. The molecule has 1 atom stereocenters. The molecule has 6 nitrogen and oxygen atoms in total. The Bertz CT molecular complexity index is 326. The van der Waals surface area contributed by atoms with Crippen LogP contribution in [0.2, 0.25) is 0 Å². The number of nitrogens with one attached hydrogen (secondary N) is 1. The number of carbonyl (C=O) groups excluding carboxylic acids is 1. The van der Waals surface area contributed by atoms with Gasteiger partial charge in [0.05, 0.1) is 6.54 Å². The monoisotopic (exact) mass is 270 g/mol. The van der Waals surface area contributed by atoms with Crippen LogP contribution in [0, 0.1) is 11.8 Å². The number of urea groups is 1. The summed E-state index contributed by atoms with van der Waals surface area (Å²) in [5.74, 6) is 0.225. The molecule has 108 valence electrons. The van der Waals surface area contributed by atoms with Gasteiger partial charge in [-0.1, -0.05) is 0 Å². The number of hydrogen-bond acceptors (Lipinski definition) is 3. The standard InChI is InChI=1S/C13H22N2O4/c1-19-11(12(16)17)6-14-13(18)15(7-9-2-3-9)8-10-4-5-10/h9-11H,2-8H2,1H3,(H,14,18)(H,16,17). The largest absolute Gasteiger partial charge is 0.479 e. The molecule has 2 fully saturated rings. The van der Waals surface area contributed by atoms with Crippen molar-refractivity contribution in [3.63, 3.8) is 0 Å². The molecule has 2 saturated carbocycles. The minimum absolute atomic E-state index is 0.0104. The van der Waals surface area contributed by atoms with Gasteiger partial charge in [0.25, 0.3) is 0 Å². The molecular formula is C13H22N2O4. The van der Waals surface area contributed by atoms with Crippen molar-refractivity contribution in [2.24, 2.45) is 11.8 Å². The van der Waals surface area contributed by atoms with E-state index >= 15 is 0 Å². The van der Waals surface area contributed by atoms with E-state index in [1.807, 2.05) is 4.90 Å². The van der Waals surface area contributed by atoms with Crippen molar-refractivity contribution in [3.8, 4) is 0 Å². The highest BCUT2D eigenvalue weighted by Gasteiger charge is 2.31. The summed E-state index contributed by atoms with van der Waals surface area (Å²) in [5, 5.41) is 11.5. The molecule has 0 heterocycles. The quantitative estimate of drug-likeness (QED) is 0.687. The van der Waals surface area contributed by atoms with Gasteiger partial charge in [0.15, 0.2) is 6.10 Å². The zero-order valence-corrected chi connectivity index (χ0v) is 11.3. The summed E-state index contributed by atoms with van der Waals surface area (Å²) in [6.07, 6.45) is 3.82. The fourth-order valence-corrected chi connectivity index (χ4v) is 2.03.